The number of hydrogen-bond donors (Lipinski definition) is 0. The topological polar surface area (TPSA) is 46.3 Å². The minimum atomic E-state index is 0.309. The minimum Gasteiger partial charge on any atom is -0.342 e. The number of nitrogens with zero attached hydrogens (tertiary/aromatic N) is 5. The van der Waals surface area contributed by atoms with E-state index in [0.29, 0.717) is 15.6 Å². The van der Waals surface area contributed by atoms with Gasteiger partial charge >= 0.3 is 0 Å². The van der Waals surface area contributed by atoms with Gasteiger partial charge in [0, 0.05) is 42.8 Å². The molecule has 8 heteroatoms. The van der Waals surface area contributed by atoms with Gasteiger partial charge in [-0.3, -0.25) is 4.40 Å². The van der Waals surface area contributed by atoms with E-state index in [1.807, 2.05) is 24.7 Å². The van der Waals surface area contributed by atoms with Crippen molar-refractivity contribution < 1.29 is 0 Å². The van der Waals surface area contributed by atoms with Crippen LogP contribution in [0.3, 0.4) is 0 Å². The first-order chi connectivity index (χ1) is 14.0. The fourth-order valence-corrected chi connectivity index (χ4v) is 6.26. The van der Waals surface area contributed by atoms with E-state index in [-0.39, 0.29) is 0 Å². The smallest absolute Gasteiger partial charge is 0.211 e. The molecule has 152 valence electrons. The van der Waals surface area contributed by atoms with Crippen LogP contribution in [0.1, 0.15) is 39.0 Å². The molecular formula is C21H23Cl2N5S. The van der Waals surface area contributed by atoms with E-state index in [4.69, 9.17) is 28.2 Å². The fraction of sp³-hybridized carbons (Fsp3) is 0.476. The molecule has 1 aliphatic carbocycles. The third-order valence-corrected chi connectivity index (χ3v) is 8.41. The lowest BCUT2D eigenvalue weighted by molar-refractivity contribution is 0.218. The van der Waals surface area contributed by atoms with Crippen molar-refractivity contribution in [3.63, 3.8) is 0 Å². The molecule has 1 atom stereocenters. The molecular weight excluding hydrogens is 425 g/mol. The maximum Gasteiger partial charge on any atom is 0.211 e. The number of hydrogen-bond acceptors (Lipinski definition) is 5. The van der Waals surface area contributed by atoms with Gasteiger partial charge in [-0.25, -0.2) is 15.0 Å². The second-order valence-corrected chi connectivity index (χ2v) is 10.2. The highest BCUT2D eigenvalue weighted by molar-refractivity contribution is 7.99. The second kappa shape index (κ2) is 7.64. The summed E-state index contributed by atoms with van der Waals surface area (Å²) >= 11 is 13.9. The monoisotopic (exact) mass is 447 g/mol. The second-order valence-electron chi connectivity index (χ2n) is 8.39. The highest BCUT2D eigenvalue weighted by atomic mass is 35.5. The van der Waals surface area contributed by atoms with Crippen LogP contribution in [0.5, 0.6) is 0 Å². The normalized spacial score (nSPS) is 21.3. The summed E-state index contributed by atoms with van der Waals surface area (Å²) in [5, 5.41) is 0.768. The van der Waals surface area contributed by atoms with Crippen LogP contribution in [-0.4, -0.2) is 32.4 Å². The third-order valence-electron chi connectivity index (χ3n) is 6.46. The molecule has 5 rings (SSSR count). The predicted molar refractivity (Wildman–Crippen MR) is 118 cm³/mol. The van der Waals surface area contributed by atoms with E-state index in [1.165, 1.54) is 43.9 Å². The van der Waals surface area contributed by atoms with Crippen molar-refractivity contribution in [2.45, 2.75) is 48.8 Å². The Balaban J connectivity index is 1.40. The van der Waals surface area contributed by atoms with Crippen LogP contribution in [-0.2, 0) is 0 Å². The molecule has 1 saturated carbocycles. The van der Waals surface area contributed by atoms with Crippen LogP contribution < -0.4 is 4.90 Å². The molecule has 0 amide bonds. The van der Waals surface area contributed by atoms with Gasteiger partial charge in [-0.05, 0) is 43.1 Å². The lowest BCUT2D eigenvalue weighted by Gasteiger charge is -2.40. The SMILES string of the molecule is CC1CCC2(CCN(c3ncc(Sc4ccnc(Cl)c4Cl)c4nccn34)CC2)C1. The number of imidazole rings is 1. The molecule has 29 heavy (non-hydrogen) atoms. The summed E-state index contributed by atoms with van der Waals surface area (Å²) < 4.78 is 2.09. The summed E-state index contributed by atoms with van der Waals surface area (Å²) in [7, 11) is 0. The average Bonchev–Trinajstić information content (AvgIpc) is 3.34. The Labute approximate surface area is 184 Å². The first-order valence-electron chi connectivity index (χ1n) is 10.1. The summed E-state index contributed by atoms with van der Waals surface area (Å²) in [5.74, 6) is 1.85. The Morgan fingerprint density at radius 3 is 2.66 bits per heavy atom. The van der Waals surface area contributed by atoms with Crippen LogP contribution >= 0.6 is 35.0 Å². The van der Waals surface area contributed by atoms with Crippen LogP contribution in [0.25, 0.3) is 5.65 Å². The summed E-state index contributed by atoms with van der Waals surface area (Å²) in [6.07, 6.45) is 14.1. The van der Waals surface area contributed by atoms with Crippen molar-refractivity contribution in [1.29, 1.82) is 0 Å². The number of pyridine rings is 1. The maximum absolute atomic E-state index is 6.32. The van der Waals surface area contributed by atoms with Crippen LogP contribution in [0.4, 0.5) is 5.95 Å². The van der Waals surface area contributed by atoms with Gasteiger partial charge in [0.05, 0.1) is 9.92 Å². The number of anilines is 1. The molecule has 1 spiro atoms. The van der Waals surface area contributed by atoms with Crippen LogP contribution in [0.2, 0.25) is 10.2 Å². The molecule has 0 N–H and O–H groups in total. The Kier molecular flexibility index (Phi) is 5.13. The zero-order valence-electron chi connectivity index (χ0n) is 16.3. The number of fused-ring (bicyclic) bond motifs is 1. The Bertz CT molecular complexity index is 1040. The van der Waals surface area contributed by atoms with Crippen molar-refractivity contribution in [3.05, 3.63) is 41.0 Å². The molecule has 0 radical (unpaired) electrons. The summed E-state index contributed by atoms with van der Waals surface area (Å²) in [4.78, 5) is 17.6. The molecule has 0 aromatic carbocycles. The molecule has 5 nitrogen and oxygen atoms in total. The third kappa shape index (κ3) is 3.60. The Morgan fingerprint density at radius 2 is 1.90 bits per heavy atom. The first kappa shape index (κ1) is 19.5. The maximum atomic E-state index is 6.32. The lowest BCUT2D eigenvalue weighted by Crippen LogP contribution is -2.40. The molecule has 2 aliphatic rings. The molecule has 3 aromatic heterocycles. The Morgan fingerprint density at radius 1 is 1.07 bits per heavy atom. The number of piperidine rings is 1. The van der Waals surface area contributed by atoms with E-state index in [0.717, 1.165) is 40.4 Å². The van der Waals surface area contributed by atoms with Gasteiger partial charge in [-0.2, -0.15) is 0 Å². The predicted octanol–water partition coefficient (Wildman–Crippen LogP) is 5.99. The standard InChI is InChI=1S/C21H23Cl2N5S/c1-14-2-4-21(12-14)5-9-27(10-6-21)20-26-13-16(19-25-8-11-28(19)20)29-15-3-7-24-18(23)17(15)22/h3,7-8,11,13-14H,2,4-6,9-10,12H2,1H3. The van der Waals surface area contributed by atoms with Gasteiger partial charge in [0.1, 0.15) is 5.15 Å². The number of halogens is 2. The van der Waals surface area contributed by atoms with Gasteiger partial charge in [-0.15, -0.1) is 0 Å². The lowest BCUT2D eigenvalue weighted by atomic mass is 9.76. The number of aromatic nitrogens is 4. The molecule has 1 aliphatic heterocycles. The van der Waals surface area contributed by atoms with Gasteiger partial charge in [-0.1, -0.05) is 48.3 Å². The molecule has 1 saturated heterocycles. The van der Waals surface area contributed by atoms with Crippen LogP contribution in [0, 0.1) is 11.3 Å². The van der Waals surface area contributed by atoms with E-state index in [9.17, 15) is 0 Å². The highest BCUT2D eigenvalue weighted by Crippen LogP contribution is 2.49. The van der Waals surface area contributed by atoms with E-state index < -0.39 is 0 Å². The summed E-state index contributed by atoms with van der Waals surface area (Å²) in [6, 6.07) is 1.86. The number of rotatable bonds is 3. The molecule has 0 bridgehead atoms. The van der Waals surface area contributed by atoms with Crippen molar-refractivity contribution in [1.82, 2.24) is 19.4 Å². The highest BCUT2D eigenvalue weighted by Gasteiger charge is 2.40. The van der Waals surface area contributed by atoms with Gasteiger partial charge < -0.3 is 4.90 Å². The van der Waals surface area contributed by atoms with Crippen molar-refractivity contribution in [2.75, 3.05) is 18.0 Å². The Hall–Kier alpha value is -1.50. The fourth-order valence-electron chi connectivity index (χ4n) is 4.92. The van der Waals surface area contributed by atoms with Crippen molar-refractivity contribution in [2.24, 2.45) is 11.3 Å². The van der Waals surface area contributed by atoms with Gasteiger partial charge in [0.2, 0.25) is 5.95 Å². The van der Waals surface area contributed by atoms with Crippen molar-refractivity contribution >= 4 is 46.6 Å². The van der Waals surface area contributed by atoms with Crippen molar-refractivity contribution in [3.8, 4) is 0 Å². The molecule has 4 heterocycles. The molecule has 3 aromatic rings. The van der Waals surface area contributed by atoms with Crippen LogP contribution in [0.15, 0.2) is 40.6 Å². The zero-order valence-corrected chi connectivity index (χ0v) is 18.6. The van der Waals surface area contributed by atoms with E-state index >= 15 is 0 Å². The van der Waals surface area contributed by atoms with Gasteiger partial charge in [0.15, 0.2) is 5.65 Å². The zero-order chi connectivity index (χ0) is 20.0. The van der Waals surface area contributed by atoms with E-state index in [1.54, 1.807) is 6.20 Å². The summed E-state index contributed by atoms with van der Waals surface area (Å²) in [6.45, 7) is 4.52. The largest absolute Gasteiger partial charge is 0.342 e. The van der Waals surface area contributed by atoms with E-state index in [2.05, 4.69) is 26.2 Å². The quantitative estimate of drug-likeness (QED) is 0.461. The summed E-state index contributed by atoms with van der Waals surface area (Å²) in [5.41, 5.74) is 1.45. The molecule has 2 fully saturated rings. The first-order valence-corrected chi connectivity index (χ1v) is 11.7. The van der Waals surface area contributed by atoms with Gasteiger partial charge in [0.25, 0.3) is 0 Å². The average molecular weight is 448 g/mol. The molecule has 1 unspecified atom stereocenters. The minimum absolute atomic E-state index is 0.309.